The molecule has 0 aromatic carbocycles. The predicted molar refractivity (Wildman–Crippen MR) is 72.1 cm³/mol. The number of nitrogens with zero attached hydrogens (tertiary/aromatic N) is 1. The fourth-order valence-corrected chi connectivity index (χ4v) is 4.33. The maximum atomic E-state index is 3.80. The highest BCUT2D eigenvalue weighted by atomic mass is 15.2. The second-order valence-electron chi connectivity index (χ2n) is 6.75. The fourth-order valence-electron chi connectivity index (χ4n) is 4.33. The molecule has 98 valence electrons. The van der Waals surface area contributed by atoms with Crippen LogP contribution in [0.25, 0.3) is 0 Å². The lowest BCUT2D eigenvalue weighted by Crippen LogP contribution is -2.41. The molecule has 0 radical (unpaired) electrons. The molecule has 3 fully saturated rings. The van der Waals surface area contributed by atoms with Crippen LogP contribution in [-0.4, -0.2) is 36.6 Å². The van der Waals surface area contributed by atoms with Crippen LogP contribution in [0, 0.1) is 11.8 Å². The standard InChI is InChI=1S/C15H28N2/c1-12-3-2-4-14(9-12)16-7-8-17-11-13-5-6-15(17)10-13/h12-16H,2-11H2,1H3. The molecule has 3 rings (SSSR count). The zero-order valence-corrected chi connectivity index (χ0v) is 11.3. The third-order valence-electron chi connectivity index (χ3n) is 5.29. The van der Waals surface area contributed by atoms with Gasteiger partial charge in [0.2, 0.25) is 0 Å². The molecule has 4 unspecified atom stereocenters. The van der Waals surface area contributed by atoms with Gasteiger partial charge in [0.25, 0.3) is 0 Å². The van der Waals surface area contributed by atoms with E-state index in [9.17, 15) is 0 Å². The van der Waals surface area contributed by atoms with Gasteiger partial charge < -0.3 is 5.32 Å². The molecule has 0 spiro atoms. The van der Waals surface area contributed by atoms with Crippen molar-refractivity contribution in [1.82, 2.24) is 10.2 Å². The van der Waals surface area contributed by atoms with Crippen molar-refractivity contribution in [3.63, 3.8) is 0 Å². The van der Waals surface area contributed by atoms with Gasteiger partial charge in [-0.25, -0.2) is 0 Å². The number of hydrogen-bond donors (Lipinski definition) is 1. The SMILES string of the molecule is CC1CCCC(NCCN2CC3CCC2C3)C1. The summed E-state index contributed by atoms with van der Waals surface area (Å²) in [4.78, 5) is 2.74. The molecule has 2 saturated carbocycles. The van der Waals surface area contributed by atoms with E-state index in [0.29, 0.717) is 0 Å². The van der Waals surface area contributed by atoms with Crippen molar-refractivity contribution in [2.24, 2.45) is 11.8 Å². The summed E-state index contributed by atoms with van der Waals surface area (Å²) in [6.07, 6.45) is 10.2. The molecule has 1 heterocycles. The number of nitrogens with one attached hydrogen (secondary N) is 1. The summed E-state index contributed by atoms with van der Waals surface area (Å²) in [5.41, 5.74) is 0. The van der Waals surface area contributed by atoms with E-state index in [0.717, 1.165) is 23.9 Å². The zero-order valence-electron chi connectivity index (χ0n) is 11.3. The van der Waals surface area contributed by atoms with Crippen molar-refractivity contribution in [1.29, 1.82) is 0 Å². The molecule has 1 aliphatic heterocycles. The molecular weight excluding hydrogens is 208 g/mol. The number of rotatable bonds is 4. The maximum Gasteiger partial charge on any atom is 0.0110 e. The van der Waals surface area contributed by atoms with Gasteiger partial charge >= 0.3 is 0 Å². The number of fused-ring (bicyclic) bond motifs is 2. The van der Waals surface area contributed by atoms with Crippen LogP contribution < -0.4 is 5.32 Å². The topological polar surface area (TPSA) is 15.3 Å². The molecule has 2 nitrogen and oxygen atoms in total. The van der Waals surface area contributed by atoms with Gasteiger partial charge in [0.1, 0.15) is 0 Å². The quantitative estimate of drug-likeness (QED) is 0.807. The maximum absolute atomic E-state index is 3.80. The van der Waals surface area contributed by atoms with Gasteiger partial charge in [0, 0.05) is 31.7 Å². The van der Waals surface area contributed by atoms with Crippen LogP contribution >= 0.6 is 0 Å². The Labute approximate surface area is 106 Å². The summed E-state index contributed by atoms with van der Waals surface area (Å²) in [6, 6.07) is 1.77. The largest absolute Gasteiger partial charge is 0.313 e. The Balaban J connectivity index is 1.35. The monoisotopic (exact) mass is 236 g/mol. The van der Waals surface area contributed by atoms with Gasteiger partial charge in [0.05, 0.1) is 0 Å². The summed E-state index contributed by atoms with van der Waals surface area (Å²) in [5.74, 6) is 2.00. The Morgan fingerprint density at radius 2 is 2.06 bits per heavy atom. The molecular formula is C15H28N2. The van der Waals surface area contributed by atoms with Crippen molar-refractivity contribution in [3.05, 3.63) is 0 Å². The molecule has 1 N–H and O–H groups in total. The Hall–Kier alpha value is -0.0800. The number of likely N-dealkylation sites (tertiary alicyclic amines) is 1. The number of hydrogen-bond acceptors (Lipinski definition) is 2. The lowest BCUT2D eigenvalue weighted by atomic mass is 9.87. The minimum absolute atomic E-state index is 0.818. The highest BCUT2D eigenvalue weighted by Gasteiger charge is 2.37. The Bertz CT molecular complexity index is 253. The van der Waals surface area contributed by atoms with E-state index < -0.39 is 0 Å². The smallest absolute Gasteiger partial charge is 0.0110 e. The second-order valence-corrected chi connectivity index (χ2v) is 6.75. The first kappa shape index (κ1) is 12.0. The van der Waals surface area contributed by atoms with E-state index in [4.69, 9.17) is 0 Å². The molecule has 2 bridgehead atoms. The van der Waals surface area contributed by atoms with Crippen molar-refractivity contribution in [2.75, 3.05) is 19.6 Å². The van der Waals surface area contributed by atoms with E-state index in [-0.39, 0.29) is 0 Å². The number of piperidine rings is 1. The van der Waals surface area contributed by atoms with Gasteiger partial charge in [-0.3, -0.25) is 4.90 Å². The van der Waals surface area contributed by atoms with Gasteiger partial charge in [-0.1, -0.05) is 19.8 Å². The van der Waals surface area contributed by atoms with E-state index >= 15 is 0 Å². The first-order valence-electron chi connectivity index (χ1n) is 7.78. The summed E-state index contributed by atoms with van der Waals surface area (Å²) in [7, 11) is 0. The van der Waals surface area contributed by atoms with Crippen LogP contribution in [0.2, 0.25) is 0 Å². The predicted octanol–water partition coefficient (Wildman–Crippen LogP) is 2.64. The first-order valence-corrected chi connectivity index (χ1v) is 7.78. The molecule has 0 aromatic heterocycles. The fraction of sp³-hybridized carbons (Fsp3) is 1.00. The Kier molecular flexibility index (Phi) is 3.72. The van der Waals surface area contributed by atoms with E-state index in [1.807, 2.05) is 0 Å². The molecule has 3 aliphatic rings. The second kappa shape index (κ2) is 5.27. The molecule has 2 aliphatic carbocycles. The minimum Gasteiger partial charge on any atom is -0.313 e. The highest BCUT2D eigenvalue weighted by Crippen LogP contribution is 2.36. The highest BCUT2D eigenvalue weighted by molar-refractivity contribution is 4.92. The molecule has 0 amide bonds. The summed E-state index contributed by atoms with van der Waals surface area (Å²) >= 11 is 0. The van der Waals surface area contributed by atoms with Crippen molar-refractivity contribution < 1.29 is 0 Å². The van der Waals surface area contributed by atoms with Crippen molar-refractivity contribution >= 4 is 0 Å². The van der Waals surface area contributed by atoms with Crippen LogP contribution in [0.5, 0.6) is 0 Å². The van der Waals surface area contributed by atoms with E-state index in [1.165, 1.54) is 64.6 Å². The lowest BCUT2D eigenvalue weighted by molar-refractivity contribution is 0.205. The van der Waals surface area contributed by atoms with E-state index in [1.54, 1.807) is 0 Å². The molecule has 2 heteroatoms. The van der Waals surface area contributed by atoms with Crippen LogP contribution in [0.15, 0.2) is 0 Å². The van der Waals surface area contributed by atoms with Gasteiger partial charge in [-0.05, 0) is 43.9 Å². The molecule has 0 aromatic rings. The summed E-state index contributed by atoms with van der Waals surface area (Å²) in [6.45, 7) is 6.33. The lowest BCUT2D eigenvalue weighted by Gasteiger charge is -2.30. The summed E-state index contributed by atoms with van der Waals surface area (Å²) < 4.78 is 0. The third kappa shape index (κ3) is 2.85. The van der Waals surface area contributed by atoms with E-state index in [2.05, 4.69) is 17.1 Å². The van der Waals surface area contributed by atoms with Gasteiger partial charge in [0.15, 0.2) is 0 Å². The normalized spacial score (nSPS) is 42.2. The van der Waals surface area contributed by atoms with Crippen LogP contribution in [-0.2, 0) is 0 Å². The molecule has 1 saturated heterocycles. The minimum atomic E-state index is 0.818. The van der Waals surface area contributed by atoms with Crippen molar-refractivity contribution in [2.45, 2.75) is 64.0 Å². The van der Waals surface area contributed by atoms with Gasteiger partial charge in [-0.15, -0.1) is 0 Å². The van der Waals surface area contributed by atoms with Crippen molar-refractivity contribution in [3.8, 4) is 0 Å². The zero-order chi connectivity index (χ0) is 11.7. The third-order valence-corrected chi connectivity index (χ3v) is 5.29. The van der Waals surface area contributed by atoms with Gasteiger partial charge in [-0.2, -0.15) is 0 Å². The summed E-state index contributed by atoms with van der Waals surface area (Å²) in [5, 5.41) is 3.80. The Morgan fingerprint density at radius 1 is 1.12 bits per heavy atom. The molecule has 4 atom stereocenters. The average molecular weight is 236 g/mol. The van der Waals surface area contributed by atoms with Crippen LogP contribution in [0.3, 0.4) is 0 Å². The Morgan fingerprint density at radius 3 is 2.76 bits per heavy atom. The molecule has 17 heavy (non-hydrogen) atoms. The average Bonchev–Trinajstić information content (AvgIpc) is 2.91. The van der Waals surface area contributed by atoms with Crippen LogP contribution in [0.1, 0.15) is 51.9 Å². The van der Waals surface area contributed by atoms with Crippen LogP contribution in [0.4, 0.5) is 0 Å². The first-order chi connectivity index (χ1) is 8.31.